The SMILES string of the molecule is CCc1ccc(C(CN)NC2CCCCCC2)cc1. The van der Waals surface area contributed by atoms with E-state index in [2.05, 4.69) is 36.5 Å². The number of rotatable bonds is 5. The first-order valence-electron chi connectivity index (χ1n) is 7.88. The first-order chi connectivity index (χ1) is 9.33. The number of nitrogens with two attached hydrogens (primary N) is 1. The zero-order valence-electron chi connectivity index (χ0n) is 12.2. The van der Waals surface area contributed by atoms with Crippen LogP contribution in [-0.4, -0.2) is 12.6 Å². The van der Waals surface area contributed by atoms with E-state index in [9.17, 15) is 0 Å². The second kappa shape index (κ2) is 7.66. The van der Waals surface area contributed by atoms with E-state index in [0.717, 1.165) is 6.42 Å². The zero-order chi connectivity index (χ0) is 13.5. The van der Waals surface area contributed by atoms with E-state index in [1.165, 1.54) is 49.7 Å². The highest BCUT2D eigenvalue weighted by Gasteiger charge is 2.17. The average molecular weight is 260 g/mol. The molecule has 19 heavy (non-hydrogen) atoms. The third kappa shape index (κ3) is 4.32. The molecule has 1 aliphatic carbocycles. The maximum Gasteiger partial charge on any atom is 0.0446 e. The summed E-state index contributed by atoms with van der Waals surface area (Å²) in [6.45, 7) is 2.88. The van der Waals surface area contributed by atoms with Crippen molar-refractivity contribution in [1.29, 1.82) is 0 Å². The van der Waals surface area contributed by atoms with Crippen LogP contribution in [0.1, 0.15) is 62.6 Å². The molecule has 1 unspecified atom stereocenters. The van der Waals surface area contributed by atoms with Crippen molar-refractivity contribution in [2.24, 2.45) is 5.73 Å². The summed E-state index contributed by atoms with van der Waals surface area (Å²) in [5.41, 5.74) is 8.70. The first kappa shape index (κ1) is 14.5. The van der Waals surface area contributed by atoms with Gasteiger partial charge in [-0.2, -0.15) is 0 Å². The molecule has 1 aromatic rings. The maximum atomic E-state index is 5.97. The summed E-state index contributed by atoms with van der Waals surface area (Å²) < 4.78 is 0. The van der Waals surface area contributed by atoms with Gasteiger partial charge in [-0.3, -0.25) is 0 Å². The van der Waals surface area contributed by atoms with Crippen LogP contribution in [0.2, 0.25) is 0 Å². The summed E-state index contributed by atoms with van der Waals surface area (Å²) in [5, 5.41) is 3.77. The van der Waals surface area contributed by atoms with Crippen molar-refractivity contribution < 1.29 is 0 Å². The molecule has 2 rings (SSSR count). The minimum atomic E-state index is 0.314. The Kier molecular flexibility index (Phi) is 5.87. The smallest absolute Gasteiger partial charge is 0.0446 e. The van der Waals surface area contributed by atoms with Crippen molar-refractivity contribution in [3.63, 3.8) is 0 Å². The van der Waals surface area contributed by atoms with E-state index in [0.29, 0.717) is 18.6 Å². The number of hydrogen-bond acceptors (Lipinski definition) is 2. The van der Waals surface area contributed by atoms with E-state index < -0.39 is 0 Å². The fourth-order valence-electron chi connectivity index (χ4n) is 3.02. The van der Waals surface area contributed by atoms with Crippen molar-refractivity contribution in [3.8, 4) is 0 Å². The van der Waals surface area contributed by atoms with Gasteiger partial charge in [0, 0.05) is 18.6 Å². The van der Waals surface area contributed by atoms with Gasteiger partial charge in [-0.25, -0.2) is 0 Å². The van der Waals surface area contributed by atoms with Crippen molar-refractivity contribution in [1.82, 2.24) is 5.32 Å². The monoisotopic (exact) mass is 260 g/mol. The lowest BCUT2D eigenvalue weighted by atomic mass is 10.0. The minimum Gasteiger partial charge on any atom is -0.329 e. The van der Waals surface area contributed by atoms with Crippen LogP contribution >= 0.6 is 0 Å². The van der Waals surface area contributed by atoms with Gasteiger partial charge < -0.3 is 11.1 Å². The summed E-state index contributed by atoms with van der Waals surface area (Å²) >= 11 is 0. The molecule has 0 amide bonds. The number of benzene rings is 1. The second-order valence-corrected chi connectivity index (χ2v) is 5.74. The van der Waals surface area contributed by atoms with Gasteiger partial charge >= 0.3 is 0 Å². The summed E-state index contributed by atoms with van der Waals surface area (Å²) in [6.07, 6.45) is 9.25. The Balaban J connectivity index is 1.97. The van der Waals surface area contributed by atoms with Gasteiger partial charge in [0.15, 0.2) is 0 Å². The van der Waals surface area contributed by atoms with E-state index in [1.807, 2.05) is 0 Å². The second-order valence-electron chi connectivity index (χ2n) is 5.74. The lowest BCUT2D eigenvalue weighted by molar-refractivity contribution is 0.402. The molecule has 3 N–H and O–H groups in total. The molecule has 1 saturated carbocycles. The molecule has 0 heterocycles. The molecular formula is C17H28N2. The van der Waals surface area contributed by atoms with Crippen LogP contribution in [0, 0.1) is 0 Å². The van der Waals surface area contributed by atoms with E-state index >= 15 is 0 Å². The largest absolute Gasteiger partial charge is 0.329 e. The van der Waals surface area contributed by atoms with Gasteiger partial charge in [0.05, 0.1) is 0 Å². The van der Waals surface area contributed by atoms with Crippen molar-refractivity contribution in [2.45, 2.75) is 64.0 Å². The molecule has 0 bridgehead atoms. The summed E-state index contributed by atoms with van der Waals surface area (Å²) in [4.78, 5) is 0. The van der Waals surface area contributed by atoms with Gasteiger partial charge in [0.25, 0.3) is 0 Å². The van der Waals surface area contributed by atoms with Crippen LogP contribution in [-0.2, 0) is 6.42 Å². The van der Waals surface area contributed by atoms with Crippen molar-refractivity contribution >= 4 is 0 Å². The van der Waals surface area contributed by atoms with Gasteiger partial charge in [0.1, 0.15) is 0 Å². The van der Waals surface area contributed by atoms with Crippen LogP contribution in [0.3, 0.4) is 0 Å². The van der Waals surface area contributed by atoms with E-state index in [4.69, 9.17) is 5.73 Å². The fraction of sp³-hybridized carbons (Fsp3) is 0.647. The Bertz CT molecular complexity index is 350. The predicted octanol–water partition coefficient (Wildman–Crippen LogP) is 3.56. The van der Waals surface area contributed by atoms with Gasteiger partial charge in [-0.1, -0.05) is 56.9 Å². The molecule has 1 aliphatic rings. The Morgan fingerprint density at radius 3 is 2.26 bits per heavy atom. The van der Waals surface area contributed by atoms with Crippen LogP contribution in [0.5, 0.6) is 0 Å². The first-order valence-corrected chi connectivity index (χ1v) is 7.88. The summed E-state index contributed by atoms with van der Waals surface area (Å²) in [6, 6.07) is 9.90. The highest BCUT2D eigenvalue weighted by molar-refractivity contribution is 5.25. The lowest BCUT2D eigenvalue weighted by Gasteiger charge is -2.24. The topological polar surface area (TPSA) is 38.0 Å². The highest BCUT2D eigenvalue weighted by atomic mass is 15.0. The lowest BCUT2D eigenvalue weighted by Crippen LogP contribution is -2.36. The summed E-state index contributed by atoms with van der Waals surface area (Å²) in [5.74, 6) is 0. The molecule has 0 saturated heterocycles. The summed E-state index contributed by atoms with van der Waals surface area (Å²) in [7, 11) is 0. The molecule has 106 valence electrons. The van der Waals surface area contributed by atoms with Gasteiger partial charge in [0.2, 0.25) is 0 Å². The van der Waals surface area contributed by atoms with Crippen molar-refractivity contribution in [3.05, 3.63) is 35.4 Å². The predicted molar refractivity (Wildman–Crippen MR) is 82.2 cm³/mol. The number of aryl methyl sites for hydroxylation is 1. The molecular weight excluding hydrogens is 232 g/mol. The van der Waals surface area contributed by atoms with E-state index in [1.54, 1.807) is 0 Å². The fourth-order valence-corrected chi connectivity index (χ4v) is 3.02. The highest BCUT2D eigenvalue weighted by Crippen LogP contribution is 2.21. The standard InChI is InChI=1S/C17H28N2/c1-2-14-9-11-15(12-10-14)17(13-18)19-16-7-5-3-4-6-8-16/h9-12,16-17,19H,2-8,13,18H2,1H3. The van der Waals surface area contributed by atoms with Gasteiger partial charge in [-0.15, -0.1) is 0 Å². The Labute approximate surface area is 117 Å². The Morgan fingerprint density at radius 1 is 1.11 bits per heavy atom. The average Bonchev–Trinajstić information content (AvgIpc) is 2.73. The molecule has 2 heteroatoms. The third-order valence-corrected chi connectivity index (χ3v) is 4.32. The van der Waals surface area contributed by atoms with Crippen LogP contribution < -0.4 is 11.1 Å². The van der Waals surface area contributed by atoms with Crippen LogP contribution in [0.25, 0.3) is 0 Å². The number of nitrogens with one attached hydrogen (secondary N) is 1. The van der Waals surface area contributed by atoms with Crippen LogP contribution in [0.15, 0.2) is 24.3 Å². The molecule has 1 fully saturated rings. The van der Waals surface area contributed by atoms with E-state index in [-0.39, 0.29) is 0 Å². The molecule has 0 radical (unpaired) electrons. The molecule has 1 aromatic carbocycles. The Morgan fingerprint density at radius 2 is 1.74 bits per heavy atom. The normalized spacial score (nSPS) is 19.1. The van der Waals surface area contributed by atoms with Crippen LogP contribution in [0.4, 0.5) is 0 Å². The quantitative estimate of drug-likeness (QED) is 0.794. The number of hydrogen-bond donors (Lipinski definition) is 2. The maximum absolute atomic E-state index is 5.97. The molecule has 1 atom stereocenters. The van der Waals surface area contributed by atoms with Crippen molar-refractivity contribution in [2.75, 3.05) is 6.54 Å². The molecule has 0 spiro atoms. The minimum absolute atomic E-state index is 0.314. The molecule has 0 aromatic heterocycles. The van der Waals surface area contributed by atoms with Gasteiger partial charge in [-0.05, 0) is 30.4 Å². The molecule has 0 aliphatic heterocycles. The molecule has 2 nitrogen and oxygen atoms in total. The zero-order valence-corrected chi connectivity index (χ0v) is 12.2. The third-order valence-electron chi connectivity index (χ3n) is 4.32. The Hall–Kier alpha value is -0.860.